The van der Waals surface area contributed by atoms with Crippen LogP contribution in [-0.4, -0.2) is 12.8 Å². The highest BCUT2D eigenvalue weighted by Crippen LogP contribution is 2.20. The molecule has 3 N–H and O–H groups in total. The van der Waals surface area contributed by atoms with Crippen LogP contribution >= 0.6 is 11.6 Å². The van der Waals surface area contributed by atoms with Crippen LogP contribution in [0.4, 0.5) is 4.39 Å². The Balaban J connectivity index is 2.05. The summed E-state index contributed by atoms with van der Waals surface area (Å²) >= 11 is 5.53. The predicted octanol–water partition coefficient (Wildman–Crippen LogP) is 0.796. The fourth-order valence-electron chi connectivity index (χ4n) is 1.11. The van der Waals surface area contributed by atoms with E-state index in [9.17, 15) is 4.39 Å². The largest absolute Gasteiger partial charge is 0.473 e. The molecule has 0 spiro atoms. The summed E-state index contributed by atoms with van der Waals surface area (Å²) in [4.78, 5) is 0. The Kier molecular flexibility index (Phi) is 2.83. The van der Waals surface area contributed by atoms with E-state index in [4.69, 9.17) is 16.3 Å². The highest BCUT2D eigenvalue weighted by atomic mass is 35.5. The fraction of sp³-hybridized carbons (Fsp3) is 0.250. The molecule has 0 bridgehead atoms. The van der Waals surface area contributed by atoms with Crippen molar-refractivity contribution < 1.29 is 9.13 Å². The van der Waals surface area contributed by atoms with E-state index in [1.165, 1.54) is 12.1 Å². The van der Waals surface area contributed by atoms with Crippen LogP contribution in [0.1, 0.15) is 0 Å². The summed E-state index contributed by atoms with van der Waals surface area (Å²) in [6.07, 6.45) is -0.212. The lowest BCUT2D eigenvalue weighted by Crippen LogP contribution is -2.36. The number of hydrogen-bond donors (Lipinski definition) is 3. The van der Waals surface area contributed by atoms with Gasteiger partial charge in [-0.15, -0.1) is 0 Å². The molecule has 4 nitrogen and oxygen atoms in total. The third-order valence-corrected chi connectivity index (χ3v) is 2.08. The first-order valence-electron chi connectivity index (χ1n) is 4.11. The molecule has 1 saturated heterocycles. The molecule has 1 aromatic rings. The Bertz CT molecular complexity index is 330. The minimum absolute atomic E-state index is 0.0907. The predicted molar refractivity (Wildman–Crippen MR) is 50.1 cm³/mol. The van der Waals surface area contributed by atoms with Crippen molar-refractivity contribution >= 4 is 11.6 Å². The Morgan fingerprint density at radius 2 is 2.36 bits per heavy atom. The van der Waals surface area contributed by atoms with Crippen molar-refractivity contribution in [1.29, 1.82) is 0 Å². The van der Waals surface area contributed by atoms with E-state index in [1.807, 2.05) is 0 Å². The van der Waals surface area contributed by atoms with Crippen molar-refractivity contribution in [2.75, 3.05) is 6.54 Å². The maximum absolute atomic E-state index is 13.0. The summed E-state index contributed by atoms with van der Waals surface area (Å²) in [6.45, 7) is 0.601. The van der Waals surface area contributed by atoms with Crippen LogP contribution in [0, 0.1) is 5.82 Å². The maximum atomic E-state index is 13.0. The summed E-state index contributed by atoms with van der Waals surface area (Å²) in [7, 11) is 0. The molecule has 0 saturated carbocycles. The first-order valence-corrected chi connectivity index (χ1v) is 4.48. The number of benzene rings is 1. The minimum atomic E-state index is -0.483. The molecule has 14 heavy (non-hydrogen) atoms. The molecule has 0 aromatic heterocycles. The number of rotatable bonds is 2. The molecule has 76 valence electrons. The van der Waals surface area contributed by atoms with Crippen LogP contribution in [0.2, 0.25) is 5.02 Å². The molecule has 1 atom stereocenters. The van der Waals surface area contributed by atoms with Crippen LogP contribution in [0.25, 0.3) is 0 Å². The van der Waals surface area contributed by atoms with E-state index in [0.717, 1.165) is 0 Å². The van der Waals surface area contributed by atoms with Gasteiger partial charge in [0.2, 0.25) is 0 Å². The zero-order chi connectivity index (χ0) is 9.97. The third kappa shape index (κ3) is 2.13. The van der Waals surface area contributed by atoms with Crippen LogP contribution < -0.4 is 21.1 Å². The second kappa shape index (κ2) is 4.10. The molecule has 1 unspecified atom stereocenters. The lowest BCUT2D eigenvalue weighted by Gasteiger charge is -2.11. The minimum Gasteiger partial charge on any atom is -0.473 e. The topological polar surface area (TPSA) is 45.3 Å². The van der Waals surface area contributed by atoms with Crippen molar-refractivity contribution in [1.82, 2.24) is 16.4 Å². The molecule has 1 aliphatic heterocycles. The van der Waals surface area contributed by atoms with Gasteiger partial charge in [0.05, 0.1) is 11.6 Å². The quantitative estimate of drug-likeness (QED) is 0.686. The van der Waals surface area contributed by atoms with E-state index < -0.39 is 5.82 Å². The number of hydrogen-bond acceptors (Lipinski definition) is 4. The highest BCUT2D eigenvalue weighted by Gasteiger charge is 2.14. The summed E-state index contributed by atoms with van der Waals surface area (Å²) in [6, 6.07) is 4.33. The van der Waals surface area contributed by atoms with Gasteiger partial charge in [0, 0.05) is 6.07 Å². The first-order chi connectivity index (χ1) is 6.75. The maximum Gasteiger partial charge on any atom is 0.177 e. The lowest BCUT2D eigenvalue weighted by molar-refractivity contribution is 0.191. The van der Waals surface area contributed by atoms with Gasteiger partial charge in [-0.05, 0) is 12.1 Å². The van der Waals surface area contributed by atoms with Gasteiger partial charge in [0.15, 0.2) is 6.23 Å². The molecule has 1 fully saturated rings. The summed E-state index contributed by atoms with van der Waals surface area (Å²) < 4.78 is 18.4. The molecule has 1 aliphatic rings. The van der Waals surface area contributed by atoms with Gasteiger partial charge in [0.1, 0.15) is 11.6 Å². The fourth-order valence-corrected chi connectivity index (χ4v) is 1.23. The molecule has 1 aromatic carbocycles. The Morgan fingerprint density at radius 1 is 1.50 bits per heavy atom. The number of hydrazine groups is 2. The molecular weight excluding hydrogens is 209 g/mol. The second-order valence-corrected chi connectivity index (χ2v) is 3.24. The van der Waals surface area contributed by atoms with Gasteiger partial charge < -0.3 is 4.74 Å². The molecule has 0 radical (unpaired) electrons. The second-order valence-electron chi connectivity index (χ2n) is 2.83. The number of nitrogens with one attached hydrogen (secondary N) is 3. The van der Waals surface area contributed by atoms with E-state index in [1.54, 1.807) is 6.07 Å². The number of halogens is 2. The summed E-state index contributed by atoms with van der Waals surface area (Å²) in [5, 5.41) is 0.0907. The molecule has 0 aliphatic carbocycles. The Morgan fingerprint density at radius 3 is 3.00 bits per heavy atom. The van der Waals surface area contributed by atoms with Crippen molar-refractivity contribution in [2.24, 2.45) is 0 Å². The van der Waals surface area contributed by atoms with E-state index >= 15 is 0 Å². The summed E-state index contributed by atoms with van der Waals surface area (Å²) in [5.41, 5.74) is 8.29. The number of ether oxygens (including phenoxy) is 1. The molecule has 2 rings (SSSR count). The lowest BCUT2D eigenvalue weighted by atomic mass is 10.3. The van der Waals surface area contributed by atoms with Gasteiger partial charge >= 0.3 is 0 Å². The molecule has 1 heterocycles. The van der Waals surface area contributed by atoms with E-state index in [0.29, 0.717) is 12.3 Å². The standard InChI is InChI=1S/C8H9ClFN3O/c9-6-2-1-5(3-7(6)10)14-8-4-11-13-12-8/h1-3,8,11-13H,4H2. The molecule has 0 amide bonds. The zero-order valence-corrected chi connectivity index (χ0v) is 7.94. The van der Waals surface area contributed by atoms with Crippen molar-refractivity contribution in [3.8, 4) is 5.75 Å². The van der Waals surface area contributed by atoms with E-state index in [2.05, 4.69) is 16.4 Å². The average molecular weight is 218 g/mol. The third-order valence-electron chi connectivity index (χ3n) is 1.78. The average Bonchev–Trinajstić information content (AvgIpc) is 2.64. The normalized spacial score (nSPS) is 21.1. The monoisotopic (exact) mass is 217 g/mol. The first kappa shape index (κ1) is 9.67. The van der Waals surface area contributed by atoms with Gasteiger partial charge in [0.25, 0.3) is 0 Å². The van der Waals surface area contributed by atoms with Crippen LogP contribution in [0.5, 0.6) is 5.75 Å². The van der Waals surface area contributed by atoms with E-state index in [-0.39, 0.29) is 11.3 Å². The van der Waals surface area contributed by atoms with Gasteiger partial charge in [-0.25, -0.2) is 15.2 Å². The van der Waals surface area contributed by atoms with Gasteiger partial charge in [-0.2, -0.15) is 5.53 Å². The molecule has 6 heteroatoms. The van der Waals surface area contributed by atoms with Crippen LogP contribution in [0.3, 0.4) is 0 Å². The summed E-state index contributed by atoms with van der Waals surface area (Å²) in [5.74, 6) is -0.0435. The SMILES string of the molecule is Fc1cc(OC2CNNN2)ccc1Cl. The van der Waals surface area contributed by atoms with Crippen LogP contribution in [-0.2, 0) is 0 Å². The van der Waals surface area contributed by atoms with Crippen molar-refractivity contribution in [2.45, 2.75) is 6.23 Å². The van der Waals surface area contributed by atoms with Crippen molar-refractivity contribution in [3.05, 3.63) is 29.0 Å². The Hall–Kier alpha value is -0.880. The van der Waals surface area contributed by atoms with Crippen LogP contribution in [0.15, 0.2) is 18.2 Å². The van der Waals surface area contributed by atoms with Gasteiger partial charge in [-0.1, -0.05) is 11.6 Å². The van der Waals surface area contributed by atoms with Crippen molar-refractivity contribution in [3.63, 3.8) is 0 Å². The highest BCUT2D eigenvalue weighted by molar-refractivity contribution is 6.30. The zero-order valence-electron chi connectivity index (χ0n) is 7.18. The smallest absolute Gasteiger partial charge is 0.177 e. The van der Waals surface area contributed by atoms with Gasteiger partial charge in [-0.3, -0.25) is 0 Å². The molecular formula is C8H9ClFN3O. The Labute approximate surface area is 85.3 Å².